The Bertz CT molecular complexity index is 2380. The molecule has 0 aliphatic rings. The fraction of sp³-hybridized carbons (Fsp3) is 0.327. The Kier molecular flexibility index (Phi) is 18.2. The van der Waals surface area contributed by atoms with Gasteiger partial charge in [-0.1, -0.05) is 69.5 Å². The molecule has 0 saturated heterocycles. The van der Waals surface area contributed by atoms with Gasteiger partial charge in [0, 0.05) is 30.1 Å². The number of hydrogen-bond donors (Lipinski definition) is 3. The molecular formula is C49H55N5O11. The summed E-state index contributed by atoms with van der Waals surface area (Å²) in [6.07, 6.45) is 6.96. The van der Waals surface area contributed by atoms with Gasteiger partial charge in [-0.05, 0) is 92.9 Å². The number of aromatic nitrogens is 1. The summed E-state index contributed by atoms with van der Waals surface area (Å²) < 4.78 is 18.9. The number of benzene rings is 3. The second-order valence-corrected chi connectivity index (χ2v) is 15.1. The molecule has 2 heterocycles. The van der Waals surface area contributed by atoms with Gasteiger partial charge in [-0.3, -0.25) is 24.0 Å². The summed E-state index contributed by atoms with van der Waals surface area (Å²) >= 11 is 0. The predicted octanol–water partition coefficient (Wildman–Crippen LogP) is 6.97. The molecule has 2 aromatic heterocycles. The zero-order chi connectivity index (χ0) is 46.7. The van der Waals surface area contributed by atoms with Crippen molar-refractivity contribution in [1.29, 1.82) is 0 Å². The predicted molar refractivity (Wildman–Crippen MR) is 239 cm³/mol. The van der Waals surface area contributed by atoms with Crippen LogP contribution in [0, 0.1) is 5.92 Å². The van der Waals surface area contributed by atoms with Gasteiger partial charge in [0.15, 0.2) is 5.76 Å². The van der Waals surface area contributed by atoms with Crippen LogP contribution >= 0.6 is 0 Å². The van der Waals surface area contributed by atoms with E-state index in [2.05, 4.69) is 16.0 Å². The Balaban J connectivity index is 1.20. The standard InChI is InChI=1S/C49H55N5O11/c1-5-8-10-17-38(41(6-2)54(32-55)65-48(60)35-18-21-37(22-19-35)53-26-13-14-27-53)45(57)50-31-51-47(59)43-25-24-42(64-43)36-20-23-39(44(29-36)62-7-3)46(58)52-40(28-33(4)56)49(61)63-30-34-15-11-9-12-16-34/h9,11-16,18-27,29,32,38,40-41H,5-8,10,17,28,30-31H2,1-4H3,(H,50,57)(H,51,59)(H,52,58)/t38-,40+,41-/m1/s1. The van der Waals surface area contributed by atoms with Crippen LogP contribution in [0.15, 0.2) is 114 Å². The number of nitrogens with one attached hydrogen (secondary N) is 3. The maximum atomic E-state index is 13.7. The van der Waals surface area contributed by atoms with Crippen molar-refractivity contribution in [2.45, 2.75) is 84.9 Å². The average molecular weight is 890 g/mol. The molecule has 4 amide bonds. The smallest absolute Gasteiger partial charge is 0.363 e. The van der Waals surface area contributed by atoms with Crippen LogP contribution in [0.4, 0.5) is 0 Å². The maximum absolute atomic E-state index is 13.7. The topological polar surface area (TPSA) is 205 Å². The average Bonchev–Trinajstić information content (AvgIpc) is 4.04. The Labute approximate surface area is 377 Å². The molecule has 0 aliphatic carbocycles. The number of carbonyl (C=O) groups is 7. The molecule has 16 heteroatoms. The van der Waals surface area contributed by atoms with E-state index in [-0.39, 0.29) is 60.5 Å². The van der Waals surface area contributed by atoms with Crippen molar-refractivity contribution in [3.05, 3.63) is 132 Å². The molecule has 0 spiro atoms. The number of furan rings is 1. The summed E-state index contributed by atoms with van der Waals surface area (Å²) in [5.74, 6) is -3.99. The van der Waals surface area contributed by atoms with Crippen molar-refractivity contribution in [1.82, 2.24) is 25.6 Å². The lowest BCUT2D eigenvalue weighted by Gasteiger charge is -2.31. The highest BCUT2D eigenvalue weighted by Gasteiger charge is 2.34. The quantitative estimate of drug-likeness (QED) is 0.0180. The van der Waals surface area contributed by atoms with E-state index in [4.69, 9.17) is 18.7 Å². The van der Waals surface area contributed by atoms with Gasteiger partial charge in [-0.25, -0.2) is 9.59 Å². The Morgan fingerprint density at radius 3 is 2.23 bits per heavy atom. The number of hydrogen-bond acceptors (Lipinski definition) is 11. The third kappa shape index (κ3) is 13.7. The molecular weight excluding hydrogens is 835 g/mol. The highest BCUT2D eigenvalue weighted by molar-refractivity contribution is 6.00. The first-order valence-corrected chi connectivity index (χ1v) is 21.6. The van der Waals surface area contributed by atoms with Crippen LogP contribution in [0.25, 0.3) is 17.0 Å². The molecule has 0 unspecified atom stereocenters. The van der Waals surface area contributed by atoms with E-state index in [1.807, 2.05) is 42.1 Å². The molecule has 5 aromatic rings. The lowest BCUT2D eigenvalue weighted by molar-refractivity contribution is -0.171. The van der Waals surface area contributed by atoms with Crippen LogP contribution in [0.3, 0.4) is 0 Å². The van der Waals surface area contributed by atoms with Crippen molar-refractivity contribution in [2.24, 2.45) is 5.92 Å². The molecule has 0 saturated carbocycles. The summed E-state index contributed by atoms with van der Waals surface area (Å²) in [6, 6.07) is 25.0. The van der Waals surface area contributed by atoms with Gasteiger partial charge in [0.05, 0.1) is 36.4 Å². The zero-order valence-electron chi connectivity index (χ0n) is 37.0. The first-order chi connectivity index (χ1) is 31.5. The number of unbranched alkanes of at least 4 members (excludes halogenated alkanes) is 2. The number of Topliss-reactive ketones (excluding diaryl/α,β-unsaturated/α-hetero) is 1. The van der Waals surface area contributed by atoms with Gasteiger partial charge in [0.1, 0.15) is 29.9 Å². The summed E-state index contributed by atoms with van der Waals surface area (Å²) in [5, 5.41) is 8.85. The summed E-state index contributed by atoms with van der Waals surface area (Å²) in [5.41, 5.74) is 2.36. The number of nitrogens with zero attached hydrogens (tertiary/aromatic N) is 2. The molecule has 3 aromatic carbocycles. The highest BCUT2D eigenvalue weighted by Crippen LogP contribution is 2.30. The molecule has 16 nitrogen and oxygen atoms in total. The Morgan fingerprint density at radius 1 is 0.831 bits per heavy atom. The molecule has 0 radical (unpaired) electrons. The van der Waals surface area contributed by atoms with E-state index < -0.39 is 47.7 Å². The number of esters is 1. The Hall–Kier alpha value is -7.49. The van der Waals surface area contributed by atoms with Crippen LogP contribution in [-0.2, 0) is 35.4 Å². The van der Waals surface area contributed by atoms with Crippen molar-refractivity contribution in [2.75, 3.05) is 13.3 Å². The second-order valence-electron chi connectivity index (χ2n) is 15.1. The van der Waals surface area contributed by atoms with Crippen molar-refractivity contribution in [3.63, 3.8) is 0 Å². The Morgan fingerprint density at radius 2 is 1.57 bits per heavy atom. The third-order valence-corrected chi connectivity index (χ3v) is 10.4. The molecule has 0 aliphatic heterocycles. The van der Waals surface area contributed by atoms with Gasteiger partial charge in [-0.15, -0.1) is 0 Å². The number of ether oxygens (including phenoxy) is 2. The molecule has 65 heavy (non-hydrogen) atoms. The van der Waals surface area contributed by atoms with Crippen molar-refractivity contribution < 1.29 is 52.3 Å². The lowest BCUT2D eigenvalue weighted by atomic mass is 9.90. The number of carbonyl (C=O) groups excluding carboxylic acids is 7. The summed E-state index contributed by atoms with van der Waals surface area (Å²) in [7, 11) is 0. The van der Waals surface area contributed by atoms with Crippen LogP contribution in [0.5, 0.6) is 5.75 Å². The van der Waals surface area contributed by atoms with Gasteiger partial charge >= 0.3 is 11.9 Å². The fourth-order valence-electron chi connectivity index (χ4n) is 7.08. The van der Waals surface area contributed by atoms with Crippen molar-refractivity contribution in [3.8, 4) is 22.8 Å². The normalized spacial score (nSPS) is 12.2. The van der Waals surface area contributed by atoms with Crippen LogP contribution in [-0.4, -0.2) is 76.8 Å². The lowest BCUT2D eigenvalue weighted by Crippen LogP contribution is -2.49. The van der Waals surface area contributed by atoms with E-state index in [0.29, 0.717) is 31.2 Å². The van der Waals surface area contributed by atoms with Crippen molar-refractivity contribution >= 4 is 41.9 Å². The van der Waals surface area contributed by atoms with Gasteiger partial charge in [0.25, 0.3) is 11.8 Å². The monoisotopic (exact) mass is 889 g/mol. The molecule has 3 N–H and O–H groups in total. The first kappa shape index (κ1) is 48.5. The van der Waals surface area contributed by atoms with E-state index in [0.717, 1.165) is 29.2 Å². The van der Waals surface area contributed by atoms with Crippen LogP contribution < -0.4 is 20.7 Å². The maximum Gasteiger partial charge on any atom is 0.363 e. The van der Waals surface area contributed by atoms with E-state index >= 15 is 0 Å². The van der Waals surface area contributed by atoms with Gasteiger partial charge in [-0.2, -0.15) is 5.06 Å². The number of amides is 4. The van der Waals surface area contributed by atoms with Crippen LogP contribution in [0.2, 0.25) is 0 Å². The fourth-order valence-corrected chi connectivity index (χ4v) is 7.08. The minimum absolute atomic E-state index is 0.0335. The molecule has 342 valence electrons. The van der Waals surface area contributed by atoms with Gasteiger partial charge < -0.3 is 39.2 Å². The summed E-state index contributed by atoms with van der Waals surface area (Å²) in [4.78, 5) is 96.4. The first-order valence-electron chi connectivity index (χ1n) is 21.6. The molecule has 5 rings (SSSR count). The summed E-state index contributed by atoms with van der Waals surface area (Å²) in [6.45, 7) is 6.75. The number of ketones is 1. The zero-order valence-corrected chi connectivity index (χ0v) is 37.0. The number of rotatable bonds is 25. The third-order valence-electron chi connectivity index (χ3n) is 10.4. The number of hydroxylamine groups is 2. The molecule has 0 bridgehead atoms. The minimum Gasteiger partial charge on any atom is -0.493 e. The molecule has 3 atom stereocenters. The van der Waals surface area contributed by atoms with E-state index in [9.17, 15) is 33.6 Å². The SMILES string of the molecule is CCCCC[C@@H](C(=O)NCNC(=O)c1ccc(-c2ccc(C(=O)N[C@@H](CC(C)=O)C(=O)OCc3ccccc3)c(OCC)c2)o1)[C@@H](CC)N(C=O)OC(=O)c1ccc(-n2cccc2)cc1. The van der Waals surface area contributed by atoms with Crippen LogP contribution in [0.1, 0.15) is 103 Å². The largest absolute Gasteiger partial charge is 0.493 e. The van der Waals surface area contributed by atoms with E-state index in [1.54, 1.807) is 80.6 Å². The highest BCUT2D eigenvalue weighted by atomic mass is 16.7. The van der Waals surface area contributed by atoms with Gasteiger partial charge in [0.2, 0.25) is 12.3 Å². The second kappa shape index (κ2) is 24.4. The molecule has 0 fully saturated rings. The van der Waals surface area contributed by atoms with E-state index in [1.165, 1.54) is 19.1 Å². The minimum atomic E-state index is -1.24.